The highest BCUT2D eigenvalue weighted by atomic mass is 16.5. The van der Waals surface area contributed by atoms with Gasteiger partial charge in [-0.3, -0.25) is 4.79 Å². The molecule has 0 fully saturated rings. The van der Waals surface area contributed by atoms with Crippen LogP contribution < -0.4 is 9.47 Å². The average molecular weight is 210 g/mol. The van der Waals surface area contributed by atoms with Gasteiger partial charge in [0, 0.05) is 7.11 Å². The van der Waals surface area contributed by atoms with Gasteiger partial charge in [-0.05, 0) is 12.1 Å². The lowest BCUT2D eigenvalue weighted by atomic mass is 10.1. The number of Topliss-reactive ketones (excluding diaryl/α,β-unsaturated/α-hetero) is 1. The second-order valence-electron chi connectivity index (χ2n) is 2.90. The zero-order valence-electron chi connectivity index (χ0n) is 9.07. The van der Waals surface area contributed by atoms with Gasteiger partial charge in [0.1, 0.15) is 6.61 Å². The summed E-state index contributed by atoms with van der Waals surface area (Å²) < 4.78 is 15.0. The number of carbonyl (C=O) groups is 1. The Labute approximate surface area is 88.8 Å². The molecule has 15 heavy (non-hydrogen) atoms. The van der Waals surface area contributed by atoms with Crippen molar-refractivity contribution in [3.8, 4) is 11.5 Å². The van der Waals surface area contributed by atoms with E-state index >= 15 is 0 Å². The number of hydrogen-bond acceptors (Lipinski definition) is 4. The van der Waals surface area contributed by atoms with Gasteiger partial charge < -0.3 is 14.2 Å². The minimum atomic E-state index is -0.131. The average Bonchev–Trinajstić information content (AvgIpc) is 2.28. The van der Waals surface area contributed by atoms with Gasteiger partial charge in [-0.25, -0.2) is 0 Å². The number of hydrogen-bond donors (Lipinski definition) is 0. The molecule has 1 rings (SSSR count). The van der Waals surface area contributed by atoms with E-state index in [1.54, 1.807) is 18.2 Å². The second-order valence-corrected chi connectivity index (χ2v) is 2.90. The van der Waals surface area contributed by atoms with Crippen molar-refractivity contribution >= 4 is 5.78 Å². The highest BCUT2D eigenvalue weighted by Gasteiger charge is 2.15. The van der Waals surface area contributed by atoms with Crippen LogP contribution in [-0.2, 0) is 4.74 Å². The minimum absolute atomic E-state index is 0.0313. The molecule has 0 bridgehead atoms. The van der Waals surface area contributed by atoms with E-state index in [-0.39, 0.29) is 12.4 Å². The third-order valence-corrected chi connectivity index (χ3v) is 1.98. The first-order chi connectivity index (χ1) is 7.24. The van der Waals surface area contributed by atoms with Crippen molar-refractivity contribution in [2.24, 2.45) is 0 Å². The minimum Gasteiger partial charge on any atom is -0.493 e. The van der Waals surface area contributed by atoms with E-state index in [0.717, 1.165) is 0 Å². The molecule has 0 aromatic heterocycles. The van der Waals surface area contributed by atoms with Gasteiger partial charge >= 0.3 is 0 Å². The first-order valence-electron chi connectivity index (χ1n) is 4.47. The van der Waals surface area contributed by atoms with E-state index in [1.165, 1.54) is 21.3 Å². The molecule has 4 heteroatoms. The van der Waals surface area contributed by atoms with Gasteiger partial charge in [-0.1, -0.05) is 6.07 Å². The summed E-state index contributed by atoms with van der Waals surface area (Å²) in [7, 11) is 4.51. The quantitative estimate of drug-likeness (QED) is 0.691. The van der Waals surface area contributed by atoms with E-state index in [2.05, 4.69) is 0 Å². The summed E-state index contributed by atoms with van der Waals surface area (Å²) >= 11 is 0. The molecule has 1 aromatic carbocycles. The van der Waals surface area contributed by atoms with E-state index in [1.807, 2.05) is 0 Å². The molecule has 0 N–H and O–H groups in total. The Morgan fingerprint density at radius 3 is 2.47 bits per heavy atom. The monoisotopic (exact) mass is 210 g/mol. The largest absolute Gasteiger partial charge is 0.493 e. The van der Waals surface area contributed by atoms with E-state index < -0.39 is 0 Å². The highest BCUT2D eigenvalue weighted by Crippen LogP contribution is 2.30. The number of benzene rings is 1. The van der Waals surface area contributed by atoms with Crippen molar-refractivity contribution in [2.45, 2.75) is 0 Å². The summed E-state index contributed by atoms with van der Waals surface area (Å²) in [4.78, 5) is 11.6. The Bertz CT molecular complexity index is 346. The molecule has 0 heterocycles. The lowest BCUT2D eigenvalue weighted by Gasteiger charge is -2.11. The summed E-state index contributed by atoms with van der Waals surface area (Å²) in [5.74, 6) is 0.856. The van der Waals surface area contributed by atoms with Crippen LogP contribution in [0.3, 0.4) is 0 Å². The Kier molecular flexibility index (Phi) is 4.12. The molecule has 0 radical (unpaired) electrons. The van der Waals surface area contributed by atoms with Gasteiger partial charge in [-0.15, -0.1) is 0 Å². The predicted octanol–water partition coefficient (Wildman–Crippen LogP) is 1.53. The molecular weight excluding hydrogens is 196 g/mol. The van der Waals surface area contributed by atoms with Crippen molar-refractivity contribution in [3.63, 3.8) is 0 Å². The molecule has 0 amide bonds. The Balaban J connectivity index is 3.11. The fourth-order valence-corrected chi connectivity index (χ4v) is 1.32. The fourth-order valence-electron chi connectivity index (χ4n) is 1.32. The summed E-state index contributed by atoms with van der Waals surface area (Å²) in [6, 6.07) is 5.16. The van der Waals surface area contributed by atoms with Crippen LogP contribution in [0.5, 0.6) is 11.5 Å². The normalized spacial score (nSPS) is 9.80. The molecule has 0 aliphatic heterocycles. The van der Waals surface area contributed by atoms with Crippen LogP contribution in [0.4, 0.5) is 0 Å². The van der Waals surface area contributed by atoms with Crippen LogP contribution in [0, 0.1) is 0 Å². The third kappa shape index (κ3) is 2.47. The van der Waals surface area contributed by atoms with Gasteiger partial charge in [0.05, 0.1) is 19.8 Å². The summed E-state index contributed by atoms with van der Waals surface area (Å²) in [6.07, 6.45) is 0. The maximum absolute atomic E-state index is 11.6. The van der Waals surface area contributed by atoms with Gasteiger partial charge in [0.15, 0.2) is 17.3 Å². The molecule has 0 aliphatic carbocycles. The third-order valence-electron chi connectivity index (χ3n) is 1.98. The Morgan fingerprint density at radius 2 is 1.93 bits per heavy atom. The molecule has 4 nitrogen and oxygen atoms in total. The van der Waals surface area contributed by atoms with Gasteiger partial charge in [0.25, 0.3) is 0 Å². The lowest BCUT2D eigenvalue weighted by Crippen LogP contribution is -2.09. The standard InChI is InChI=1S/C11H14O4/c1-13-7-9(12)8-5-4-6-10(14-2)11(8)15-3/h4-6H,7H2,1-3H3. The zero-order chi connectivity index (χ0) is 11.3. The molecular formula is C11H14O4. The predicted molar refractivity (Wildman–Crippen MR) is 55.8 cm³/mol. The molecule has 0 unspecified atom stereocenters. The molecule has 0 atom stereocenters. The van der Waals surface area contributed by atoms with Crippen molar-refractivity contribution in [1.29, 1.82) is 0 Å². The van der Waals surface area contributed by atoms with Gasteiger partial charge in [0.2, 0.25) is 0 Å². The van der Waals surface area contributed by atoms with Crippen LogP contribution in [0.2, 0.25) is 0 Å². The topological polar surface area (TPSA) is 44.8 Å². The number of rotatable bonds is 5. The van der Waals surface area contributed by atoms with Crippen molar-refractivity contribution in [2.75, 3.05) is 27.9 Å². The lowest BCUT2D eigenvalue weighted by molar-refractivity contribution is 0.0844. The summed E-state index contributed by atoms with van der Waals surface area (Å²) in [6.45, 7) is 0.0313. The van der Waals surface area contributed by atoms with Crippen LogP contribution in [-0.4, -0.2) is 33.7 Å². The second kappa shape index (κ2) is 5.36. The molecule has 0 aliphatic rings. The Morgan fingerprint density at radius 1 is 1.20 bits per heavy atom. The van der Waals surface area contributed by atoms with Crippen LogP contribution in [0.1, 0.15) is 10.4 Å². The van der Waals surface area contributed by atoms with Crippen molar-refractivity contribution < 1.29 is 19.0 Å². The summed E-state index contributed by atoms with van der Waals surface area (Å²) in [5.41, 5.74) is 0.471. The van der Waals surface area contributed by atoms with Gasteiger partial charge in [-0.2, -0.15) is 0 Å². The SMILES string of the molecule is COCC(=O)c1cccc(OC)c1OC. The zero-order valence-corrected chi connectivity index (χ0v) is 9.07. The number of carbonyl (C=O) groups excluding carboxylic acids is 1. The Hall–Kier alpha value is -1.55. The first kappa shape index (κ1) is 11.5. The van der Waals surface area contributed by atoms with Crippen LogP contribution >= 0.6 is 0 Å². The van der Waals surface area contributed by atoms with Crippen molar-refractivity contribution in [3.05, 3.63) is 23.8 Å². The number of ether oxygens (including phenoxy) is 3. The van der Waals surface area contributed by atoms with Crippen LogP contribution in [0.15, 0.2) is 18.2 Å². The van der Waals surface area contributed by atoms with E-state index in [4.69, 9.17) is 14.2 Å². The first-order valence-corrected chi connectivity index (χ1v) is 4.47. The number of para-hydroxylation sites is 1. The van der Waals surface area contributed by atoms with Crippen molar-refractivity contribution in [1.82, 2.24) is 0 Å². The van der Waals surface area contributed by atoms with Crippen LogP contribution in [0.25, 0.3) is 0 Å². The maximum atomic E-state index is 11.6. The van der Waals surface area contributed by atoms with E-state index in [0.29, 0.717) is 17.1 Å². The maximum Gasteiger partial charge on any atom is 0.192 e. The molecule has 0 saturated heterocycles. The highest BCUT2D eigenvalue weighted by molar-refractivity contribution is 6.00. The molecule has 1 aromatic rings. The number of methoxy groups -OCH3 is 3. The molecule has 82 valence electrons. The molecule has 0 spiro atoms. The number of ketones is 1. The van der Waals surface area contributed by atoms with E-state index in [9.17, 15) is 4.79 Å². The summed E-state index contributed by atoms with van der Waals surface area (Å²) in [5, 5.41) is 0. The fraction of sp³-hybridized carbons (Fsp3) is 0.364. The molecule has 0 saturated carbocycles. The smallest absolute Gasteiger partial charge is 0.192 e.